The molecule has 1 aliphatic rings. The van der Waals surface area contributed by atoms with Crippen molar-refractivity contribution in [2.24, 2.45) is 0 Å². The van der Waals surface area contributed by atoms with E-state index in [-0.39, 0.29) is 18.6 Å². The monoisotopic (exact) mass is 369 g/mol. The molecule has 0 aliphatic carbocycles. The molecule has 0 atom stereocenters. The Morgan fingerprint density at radius 3 is 2.52 bits per heavy atom. The highest BCUT2D eigenvalue weighted by molar-refractivity contribution is 5.94. The van der Waals surface area contributed by atoms with Gasteiger partial charge in [-0.1, -0.05) is 6.07 Å². The predicted octanol–water partition coefficient (Wildman–Crippen LogP) is 1.94. The number of nitrogens with zero attached hydrogens (tertiary/aromatic N) is 2. The standard InChI is InChI=1S/C20H23N3O4/c24-19(25)14-23-11-8-18(9-12-23)27-17-6-4-15(5-7-17)20(26)22-13-16-3-1-2-10-21-16/h1-7,10,18H,8-9,11-14H2,(H,22,26)(H,24,25). The second-order valence-electron chi connectivity index (χ2n) is 6.52. The fraction of sp³-hybridized carbons (Fsp3) is 0.350. The minimum Gasteiger partial charge on any atom is -0.490 e. The molecule has 0 unspecified atom stereocenters. The number of benzene rings is 1. The second-order valence-corrected chi connectivity index (χ2v) is 6.52. The molecule has 142 valence electrons. The van der Waals surface area contributed by atoms with Crippen LogP contribution in [-0.4, -0.2) is 52.6 Å². The van der Waals surface area contributed by atoms with Crippen LogP contribution in [0.4, 0.5) is 0 Å². The lowest BCUT2D eigenvalue weighted by Gasteiger charge is -2.31. The second kappa shape index (κ2) is 9.14. The van der Waals surface area contributed by atoms with Crippen molar-refractivity contribution in [2.75, 3.05) is 19.6 Å². The molecular formula is C20H23N3O4. The Morgan fingerprint density at radius 1 is 1.15 bits per heavy atom. The molecule has 0 radical (unpaired) electrons. The Bertz CT molecular complexity index is 757. The molecule has 7 nitrogen and oxygen atoms in total. The fourth-order valence-electron chi connectivity index (χ4n) is 3.03. The van der Waals surface area contributed by atoms with E-state index in [1.165, 1.54) is 0 Å². The molecule has 2 N–H and O–H groups in total. The van der Waals surface area contributed by atoms with E-state index >= 15 is 0 Å². The number of amides is 1. The first-order valence-corrected chi connectivity index (χ1v) is 8.99. The number of carbonyl (C=O) groups is 2. The summed E-state index contributed by atoms with van der Waals surface area (Å²) < 4.78 is 5.96. The zero-order valence-electron chi connectivity index (χ0n) is 15.0. The van der Waals surface area contributed by atoms with Crippen LogP contribution < -0.4 is 10.1 Å². The average molecular weight is 369 g/mol. The number of carboxylic acid groups (broad SMARTS) is 1. The molecule has 2 heterocycles. The highest BCUT2D eigenvalue weighted by Crippen LogP contribution is 2.19. The zero-order valence-corrected chi connectivity index (χ0v) is 15.0. The van der Waals surface area contributed by atoms with Gasteiger partial charge in [0.2, 0.25) is 0 Å². The number of carbonyl (C=O) groups excluding carboxylic acids is 1. The molecule has 0 bridgehead atoms. The van der Waals surface area contributed by atoms with Gasteiger partial charge >= 0.3 is 5.97 Å². The molecule has 1 aromatic carbocycles. The van der Waals surface area contributed by atoms with Crippen molar-refractivity contribution >= 4 is 11.9 Å². The summed E-state index contributed by atoms with van der Waals surface area (Å²) in [5, 5.41) is 11.7. The van der Waals surface area contributed by atoms with E-state index in [9.17, 15) is 9.59 Å². The summed E-state index contributed by atoms with van der Waals surface area (Å²) in [4.78, 5) is 29.0. The van der Waals surface area contributed by atoms with E-state index in [0.29, 0.717) is 30.9 Å². The smallest absolute Gasteiger partial charge is 0.317 e. The summed E-state index contributed by atoms with van der Waals surface area (Å²) in [6.07, 6.45) is 3.35. The SMILES string of the molecule is O=C(O)CN1CCC(Oc2ccc(C(=O)NCc3ccccn3)cc2)CC1. The number of likely N-dealkylation sites (tertiary alicyclic amines) is 1. The van der Waals surface area contributed by atoms with Gasteiger partial charge in [-0.25, -0.2) is 0 Å². The Hall–Kier alpha value is -2.93. The average Bonchev–Trinajstić information content (AvgIpc) is 2.69. The number of nitrogens with one attached hydrogen (secondary N) is 1. The van der Waals surface area contributed by atoms with Crippen molar-refractivity contribution in [3.05, 3.63) is 59.9 Å². The number of aliphatic carboxylic acids is 1. The Labute approximate surface area is 158 Å². The summed E-state index contributed by atoms with van der Waals surface area (Å²) in [5.41, 5.74) is 1.37. The van der Waals surface area contributed by atoms with Gasteiger partial charge in [0.25, 0.3) is 5.91 Å². The van der Waals surface area contributed by atoms with E-state index in [0.717, 1.165) is 18.5 Å². The van der Waals surface area contributed by atoms with Crippen LogP contribution in [0.15, 0.2) is 48.7 Å². The Morgan fingerprint density at radius 2 is 1.89 bits per heavy atom. The Balaban J connectivity index is 1.46. The lowest BCUT2D eigenvalue weighted by molar-refractivity contribution is -0.138. The number of ether oxygens (including phenoxy) is 1. The number of rotatable bonds is 7. The maximum absolute atomic E-state index is 12.2. The van der Waals surface area contributed by atoms with E-state index in [1.807, 2.05) is 23.1 Å². The molecule has 1 aliphatic heterocycles. The summed E-state index contributed by atoms with van der Waals surface area (Å²) in [6.45, 7) is 1.89. The third-order valence-electron chi connectivity index (χ3n) is 4.47. The fourth-order valence-corrected chi connectivity index (χ4v) is 3.03. The highest BCUT2D eigenvalue weighted by Gasteiger charge is 2.21. The van der Waals surface area contributed by atoms with Gasteiger partial charge in [-0.05, 0) is 49.2 Å². The topological polar surface area (TPSA) is 91.8 Å². The third kappa shape index (κ3) is 5.79. The number of carboxylic acids is 1. The van der Waals surface area contributed by atoms with E-state index < -0.39 is 5.97 Å². The summed E-state index contributed by atoms with van der Waals surface area (Å²) in [7, 11) is 0. The van der Waals surface area contributed by atoms with Crippen LogP contribution in [0.3, 0.4) is 0 Å². The first kappa shape index (κ1) is 18.8. The lowest BCUT2D eigenvalue weighted by Crippen LogP contribution is -2.40. The molecule has 3 rings (SSSR count). The first-order valence-electron chi connectivity index (χ1n) is 8.99. The maximum Gasteiger partial charge on any atom is 0.317 e. The van der Waals surface area contributed by atoms with Gasteiger partial charge in [0.05, 0.1) is 18.8 Å². The largest absolute Gasteiger partial charge is 0.490 e. The third-order valence-corrected chi connectivity index (χ3v) is 4.47. The van der Waals surface area contributed by atoms with Crippen molar-refractivity contribution < 1.29 is 19.4 Å². The summed E-state index contributed by atoms with van der Waals surface area (Å²) in [6, 6.07) is 12.6. The van der Waals surface area contributed by atoms with Crippen LogP contribution in [0.5, 0.6) is 5.75 Å². The lowest BCUT2D eigenvalue weighted by atomic mass is 10.1. The van der Waals surface area contributed by atoms with Crippen LogP contribution in [0.1, 0.15) is 28.9 Å². The van der Waals surface area contributed by atoms with Crippen LogP contribution in [0.25, 0.3) is 0 Å². The number of hydrogen-bond donors (Lipinski definition) is 2. The van der Waals surface area contributed by atoms with Crippen molar-refractivity contribution in [2.45, 2.75) is 25.5 Å². The van der Waals surface area contributed by atoms with Crippen molar-refractivity contribution in [1.29, 1.82) is 0 Å². The molecule has 1 saturated heterocycles. The van der Waals surface area contributed by atoms with Crippen molar-refractivity contribution in [3.8, 4) is 5.75 Å². The normalized spacial score (nSPS) is 15.3. The number of pyridine rings is 1. The van der Waals surface area contributed by atoms with E-state index in [1.54, 1.807) is 30.5 Å². The number of piperidine rings is 1. The molecule has 1 amide bonds. The summed E-state index contributed by atoms with van der Waals surface area (Å²) >= 11 is 0. The molecule has 1 aromatic heterocycles. The molecular weight excluding hydrogens is 346 g/mol. The molecule has 1 fully saturated rings. The molecule has 7 heteroatoms. The first-order chi connectivity index (χ1) is 13.1. The van der Waals surface area contributed by atoms with Crippen molar-refractivity contribution in [1.82, 2.24) is 15.2 Å². The minimum atomic E-state index is -0.800. The summed E-state index contributed by atoms with van der Waals surface area (Å²) in [5.74, 6) is -0.242. The molecule has 0 spiro atoms. The van der Waals surface area contributed by atoms with Gasteiger partial charge in [0.1, 0.15) is 11.9 Å². The molecule has 2 aromatic rings. The Kier molecular flexibility index (Phi) is 6.38. The molecule has 0 saturated carbocycles. The van der Waals surface area contributed by atoms with Crippen LogP contribution in [0.2, 0.25) is 0 Å². The van der Waals surface area contributed by atoms with Gasteiger partial charge in [0.15, 0.2) is 0 Å². The van der Waals surface area contributed by atoms with Gasteiger partial charge in [0, 0.05) is 24.8 Å². The van der Waals surface area contributed by atoms with Crippen molar-refractivity contribution in [3.63, 3.8) is 0 Å². The van der Waals surface area contributed by atoms with Crippen LogP contribution >= 0.6 is 0 Å². The number of aromatic nitrogens is 1. The predicted molar refractivity (Wildman–Crippen MR) is 99.6 cm³/mol. The quantitative estimate of drug-likeness (QED) is 0.775. The van der Waals surface area contributed by atoms with Gasteiger partial charge in [-0.3, -0.25) is 19.5 Å². The van der Waals surface area contributed by atoms with Gasteiger partial charge < -0.3 is 15.2 Å². The number of hydrogen-bond acceptors (Lipinski definition) is 5. The van der Waals surface area contributed by atoms with E-state index in [4.69, 9.17) is 9.84 Å². The maximum atomic E-state index is 12.2. The highest BCUT2D eigenvalue weighted by atomic mass is 16.5. The molecule has 27 heavy (non-hydrogen) atoms. The van der Waals surface area contributed by atoms with E-state index in [2.05, 4.69) is 10.3 Å². The van der Waals surface area contributed by atoms with Gasteiger partial charge in [-0.15, -0.1) is 0 Å². The zero-order chi connectivity index (χ0) is 19.1. The minimum absolute atomic E-state index is 0.0684. The van der Waals surface area contributed by atoms with Crippen LogP contribution in [-0.2, 0) is 11.3 Å². The van der Waals surface area contributed by atoms with Crippen LogP contribution in [0, 0.1) is 0 Å². The van der Waals surface area contributed by atoms with Gasteiger partial charge in [-0.2, -0.15) is 0 Å².